The topological polar surface area (TPSA) is 27.1 Å². The van der Waals surface area contributed by atoms with Crippen LogP contribution >= 0.6 is 0 Å². The smallest absolute Gasteiger partial charge is 0.0958 e. The Morgan fingerprint density at radius 1 is 1.00 bits per heavy atom. The molecule has 1 atom stereocenters. The van der Waals surface area contributed by atoms with Gasteiger partial charge in [-0.25, -0.2) is 4.98 Å². The highest BCUT2D eigenvalue weighted by molar-refractivity contribution is 5.62. The summed E-state index contributed by atoms with van der Waals surface area (Å²) in [6.45, 7) is 4.00. The van der Waals surface area contributed by atoms with E-state index < -0.39 is 0 Å². The van der Waals surface area contributed by atoms with Crippen molar-refractivity contribution in [2.75, 3.05) is 13.2 Å². The number of aromatic nitrogens is 2. The van der Waals surface area contributed by atoms with Crippen LogP contribution in [0.3, 0.4) is 0 Å². The van der Waals surface area contributed by atoms with Gasteiger partial charge in [0, 0.05) is 30.5 Å². The maximum atomic E-state index is 5.57. The Hall–Kier alpha value is -2.39. The molecule has 1 aromatic heterocycles. The zero-order valence-corrected chi connectivity index (χ0v) is 15.3. The molecular formula is C23H26N2O. The molecule has 0 N–H and O–H groups in total. The molecule has 0 saturated carbocycles. The molecule has 0 amide bonds. The van der Waals surface area contributed by atoms with Gasteiger partial charge < -0.3 is 9.30 Å². The maximum Gasteiger partial charge on any atom is 0.0958 e. The lowest BCUT2D eigenvalue weighted by molar-refractivity contribution is 0.0688. The van der Waals surface area contributed by atoms with Crippen molar-refractivity contribution in [1.82, 2.24) is 9.55 Å². The standard InChI is InChI=1S/C23H26N2O/c1-18(19-8-4-2-5-9-19)16-22-23(20-10-6-3-7-11-20)24-17-25(22)21-12-14-26-15-13-21/h2-11,17-18,21H,12-16H2,1H3/t18-/m1/s1. The summed E-state index contributed by atoms with van der Waals surface area (Å²) in [4.78, 5) is 4.83. The molecule has 0 aliphatic carbocycles. The Morgan fingerprint density at radius 2 is 1.65 bits per heavy atom. The second-order valence-corrected chi connectivity index (χ2v) is 7.17. The van der Waals surface area contributed by atoms with Gasteiger partial charge >= 0.3 is 0 Å². The normalized spacial score (nSPS) is 16.5. The van der Waals surface area contributed by atoms with Gasteiger partial charge in [0.15, 0.2) is 0 Å². The van der Waals surface area contributed by atoms with Crippen LogP contribution in [0.2, 0.25) is 0 Å². The lowest BCUT2D eigenvalue weighted by Crippen LogP contribution is -2.21. The van der Waals surface area contributed by atoms with Gasteiger partial charge in [-0.2, -0.15) is 0 Å². The summed E-state index contributed by atoms with van der Waals surface area (Å²) in [7, 11) is 0. The van der Waals surface area contributed by atoms with E-state index >= 15 is 0 Å². The van der Waals surface area contributed by atoms with E-state index in [0.717, 1.165) is 38.2 Å². The minimum Gasteiger partial charge on any atom is -0.381 e. The van der Waals surface area contributed by atoms with Crippen LogP contribution in [0.1, 0.15) is 43.0 Å². The van der Waals surface area contributed by atoms with E-state index in [1.165, 1.54) is 16.8 Å². The molecule has 134 valence electrons. The van der Waals surface area contributed by atoms with Crippen LogP contribution in [0.4, 0.5) is 0 Å². The van der Waals surface area contributed by atoms with Crippen molar-refractivity contribution >= 4 is 0 Å². The van der Waals surface area contributed by atoms with E-state index in [1.54, 1.807) is 0 Å². The first kappa shape index (κ1) is 17.0. The summed E-state index contributed by atoms with van der Waals surface area (Å²) in [5.41, 5.74) is 5.05. The Balaban J connectivity index is 1.70. The number of hydrogen-bond acceptors (Lipinski definition) is 2. The fourth-order valence-corrected chi connectivity index (χ4v) is 3.89. The van der Waals surface area contributed by atoms with Crippen molar-refractivity contribution in [3.05, 3.63) is 78.2 Å². The van der Waals surface area contributed by atoms with Crippen LogP contribution in [-0.2, 0) is 11.2 Å². The Bertz CT molecular complexity index is 820. The molecule has 1 aliphatic heterocycles. The minimum absolute atomic E-state index is 0.453. The van der Waals surface area contributed by atoms with Crippen molar-refractivity contribution in [3.63, 3.8) is 0 Å². The quantitative estimate of drug-likeness (QED) is 0.631. The summed E-state index contributed by atoms with van der Waals surface area (Å²) < 4.78 is 7.99. The Morgan fingerprint density at radius 3 is 2.35 bits per heavy atom. The molecule has 0 bridgehead atoms. The van der Waals surface area contributed by atoms with Crippen LogP contribution in [0, 0.1) is 0 Å². The highest BCUT2D eigenvalue weighted by Crippen LogP contribution is 2.32. The Kier molecular flexibility index (Phi) is 5.16. The van der Waals surface area contributed by atoms with Crippen molar-refractivity contribution in [2.45, 2.75) is 38.1 Å². The van der Waals surface area contributed by atoms with Crippen LogP contribution in [0.5, 0.6) is 0 Å². The average molecular weight is 346 g/mol. The lowest BCUT2D eigenvalue weighted by Gasteiger charge is -2.26. The highest BCUT2D eigenvalue weighted by atomic mass is 16.5. The van der Waals surface area contributed by atoms with Crippen LogP contribution in [-0.4, -0.2) is 22.8 Å². The second-order valence-electron chi connectivity index (χ2n) is 7.17. The second kappa shape index (κ2) is 7.88. The molecule has 26 heavy (non-hydrogen) atoms. The summed E-state index contributed by atoms with van der Waals surface area (Å²) in [6, 6.07) is 21.8. The van der Waals surface area contributed by atoms with E-state index in [1.807, 2.05) is 6.33 Å². The minimum atomic E-state index is 0.453. The molecule has 3 nitrogen and oxygen atoms in total. The van der Waals surface area contributed by atoms with E-state index in [9.17, 15) is 0 Å². The predicted molar refractivity (Wildman–Crippen MR) is 105 cm³/mol. The number of imidazole rings is 1. The zero-order valence-electron chi connectivity index (χ0n) is 15.3. The number of nitrogens with zero attached hydrogens (tertiary/aromatic N) is 2. The summed E-state index contributed by atoms with van der Waals surface area (Å²) in [5, 5.41) is 0. The van der Waals surface area contributed by atoms with Gasteiger partial charge in [0.2, 0.25) is 0 Å². The third-order valence-corrected chi connectivity index (χ3v) is 5.40. The van der Waals surface area contributed by atoms with Gasteiger partial charge in [-0.15, -0.1) is 0 Å². The van der Waals surface area contributed by atoms with Crippen LogP contribution in [0.15, 0.2) is 67.0 Å². The molecule has 0 radical (unpaired) electrons. The number of ether oxygens (including phenoxy) is 1. The summed E-state index contributed by atoms with van der Waals surface area (Å²) in [5.74, 6) is 0.453. The molecule has 1 aliphatic rings. The van der Waals surface area contributed by atoms with Gasteiger partial charge in [0.05, 0.1) is 12.0 Å². The molecule has 0 spiro atoms. The molecule has 3 heteroatoms. The van der Waals surface area contributed by atoms with Gasteiger partial charge in [-0.05, 0) is 30.7 Å². The van der Waals surface area contributed by atoms with E-state index in [4.69, 9.17) is 9.72 Å². The zero-order chi connectivity index (χ0) is 17.8. The predicted octanol–water partition coefficient (Wildman–Crippen LogP) is 5.25. The first-order valence-electron chi connectivity index (χ1n) is 9.56. The number of rotatable bonds is 5. The average Bonchev–Trinajstić information content (AvgIpc) is 3.13. The van der Waals surface area contributed by atoms with Gasteiger partial charge in [-0.1, -0.05) is 67.6 Å². The first-order chi connectivity index (χ1) is 12.8. The third-order valence-electron chi connectivity index (χ3n) is 5.40. The van der Waals surface area contributed by atoms with Gasteiger partial charge in [0.25, 0.3) is 0 Å². The fraction of sp³-hybridized carbons (Fsp3) is 0.348. The van der Waals surface area contributed by atoms with Crippen LogP contribution < -0.4 is 0 Å². The Labute approximate surface area is 155 Å². The van der Waals surface area contributed by atoms with Crippen LogP contribution in [0.25, 0.3) is 11.3 Å². The van der Waals surface area contributed by atoms with Gasteiger partial charge in [0.1, 0.15) is 0 Å². The van der Waals surface area contributed by atoms with Crippen molar-refractivity contribution in [1.29, 1.82) is 0 Å². The molecule has 1 fully saturated rings. The number of hydrogen-bond donors (Lipinski definition) is 0. The molecular weight excluding hydrogens is 320 g/mol. The fourth-order valence-electron chi connectivity index (χ4n) is 3.89. The molecule has 2 heterocycles. The molecule has 2 aromatic carbocycles. The first-order valence-corrected chi connectivity index (χ1v) is 9.56. The van der Waals surface area contributed by atoms with Crippen molar-refractivity contribution in [2.24, 2.45) is 0 Å². The third kappa shape index (κ3) is 3.58. The summed E-state index contributed by atoms with van der Waals surface area (Å²) >= 11 is 0. The SMILES string of the molecule is C[C@H](Cc1c(-c2ccccc2)ncn1C1CCOCC1)c1ccccc1. The van der Waals surface area contributed by atoms with E-state index in [-0.39, 0.29) is 0 Å². The molecule has 4 rings (SSSR count). The molecule has 3 aromatic rings. The summed E-state index contributed by atoms with van der Waals surface area (Å²) in [6.07, 6.45) is 5.17. The highest BCUT2D eigenvalue weighted by Gasteiger charge is 2.23. The largest absolute Gasteiger partial charge is 0.381 e. The van der Waals surface area contributed by atoms with E-state index in [2.05, 4.69) is 72.2 Å². The van der Waals surface area contributed by atoms with E-state index in [0.29, 0.717) is 12.0 Å². The van der Waals surface area contributed by atoms with Crippen molar-refractivity contribution < 1.29 is 4.74 Å². The lowest BCUT2D eigenvalue weighted by atomic mass is 9.94. The van der Waals surface area contributed by atoms with Gasteiger partial charge in [-0.3, -0.25) is 0 Å². The maximum absolute atomic E-state index is 5.57. The monoisotopic (exact) mass is 346 g/mol. The van der Waals surface area contributed by atoms with Crippen molar-refractivity contribution in [3.8, 4) is 11.3 Å². The number of benzene rings is 2. The molecule has 1 saturated heterocycles. The molecule has 0 unspecified atom stereocenters.